The van der Waals surface area contributed by atoms with Crippen molar-refractivity contribution in [1.29, 1.82) is 0 Å². The van der Waals surface area contributed by atoms with E-state index in [0.29, 0.717) is 12.3 Å². The summed E-state index contributed by atoms with van der Waals surface area (Å²) in [7, 11) is 0. The maximum absolute atomic E-state index is 12.1. The van der Waals surface area contributed by atoms with Crippen LogP contribution < -0.4 is 5.73 Å². The molecule has 0 aromatic heterocycles. The smallest absolute Gasteiger partial charge is 0.163 e. The van der Waals surface area contributed by atoms with E-state index in [-0.39, 0.29) is 11.8 Å². The Labute approximate surface area is 103 Å². The molecule has 92 valence electrons. The molecule has 0 heterocycles. The average Bonchev–Trinajstić information content (AvgIpc) is 2.56. The van der Waals surface area contributed by atoms with Gasteiger partial charge in [-0.1, -0.05) is 49.6 Å². The highest BCUT2D eigenvalue weighted by Gasteiger charge is 2.23. The zero-order valence-electron chi connectivity index (χ0n) is 10.3. The molecule has 1 aromatic rings. The van der Waals surface area contributed by atoms with Crippen LogP contribution in [0.4, 0.5) is 0 Å². The largest absolute Gasteiger partial charge is 0.327 e. The lowest BCUT2D eigenvalue weighted by Crippen LogP contribution is -2.30. The Bertz CT molecular complexity index is 360. The van der Waals surface area contributed by atoms with Gasteiger partial charge in [0, 0.05) is 18.0 Å². The van der Waals surface area contributed by atoms with Crippen LogP contribution >= 0.6 is 0 Å². The summed E-state index contributed by atoms with van der Waals surface area (Å²) in [5.74, 6) is 0.623. The molecule has 2 rings (SSSR count). The maximum atomic E-state index is 12.1. The topological polar surface area (TPSA) is 43.1 Å². The SMILES string of the molecule is NC1CCCCCC1CC(=O)c1ccccc1. The number of carbonyl (C=O) groups excluding carboxylic acids is 1. The Kier molecular flexibility index (Phi) is 4.32. The number of benzene rings is 1. The highest BCUT2D eigenvalue weighted by atomic mass is 16.1. The molecule has 1 saturated carbocycles. The quantitative estimate of drug-likeness (QED) is 0.641. The molecule has 1 aliphatic carbocycles. The first-order valence-electron chi connectivity index (χ1n) is 6.61. The summed E-state index contributed by atoms with van der Waals surface area (Å²) in [5.41, 5.74) is 6.98. The van der Waals surface area contributed by atoms with Crippen molar-refractivity contribution >= 4 is 5.78 Å². The Morgan fingerprint density at radius 2 is 1.82 bits per heavy atom. The predicted molar refractivity (Wildman–Crippen MR) is 69.9 cm³/mol. The molecule has 0 spiro atoms. The van der Waals surface area contributed by atoms with Gasteiger partial charge in [-0.05, 0) is 18.8 Å². The lowest BCUT2D eigenvalue weighted by molar-refractivity contribution is 0.0951. The number of hydrogen-bond donors (Lipinski definition) is 1. The highest BCUT2D eigenvalue weighted by molar-refractivity contribution is 5.96. The number of nitrogens with two attached hydrogens (primary N) is 1. The van der Waals surface area contributed by atoms with Gasteiger partial charge in [0.2, 0.25) is 0 Å². The van der Waals surface area contributed by atoms with Crippen molar-refractivity contribution in [2.45, 2.75) is 44.6 Å². The lowest BCUT2D eigenvalue weighted by atomic mass is 9.89. The summed E-state index contributed by atoms with van der Waals surface area (Å²) in [6, 6.07) is 9.77. The first-order valence-corrected chi connectivity index (χ1v) is 6.61. The Morgan fingerprint density at radius 3 is 2.59 bits per heavy atom. The number of ketones is 1. The third-order valence-electron chi connectivity index (χ3n) is 3.76. The first kappa shape index (κ1) is 12.3. The van der Waals surface area contributed by atoms with E-state index in [1.807, 2.05) is 30.3 Å². The van der Waals surface area contributed by atoms with E-state index in [4.69, 9.17) is 5.73 Å². The summed E-state index contributed by atoms with van der Waals surface area (Å²) < 4.78 is 0. The molecule has 17 heavy (non-hydrogen) atoms. The molecule has 0 bridgehead atoms. The second-order valence-electron chi connectivity index (χ2n) is 5.06. The van der Waals surface area contributed by atoms with Gasteiger partial charge in [-0.25, -0.2) is 0 Å². The van der Waals surface area contributed by atoms with Crippen molar-refractivity contribution in [2.75, 3.05) is 0 Å². The zero-order valence-corrected chi connectivity index (χ0v) is 10.3. The lowest BCUT2D eigenvalue weighted by Gasteiger charge is -2.20. The number of rotatable bonds is 3. The molecular formula is C15H21NO. The maximum Gasteiger partial charge on any atom is 0.163 e. The third kappa shape index (κ3) is 3.40. The van der Waals surface area contributed by atoms with Gasteiger partial charge in [0.15, 0.2) is 5.78 Å². The molecule has 0 saturated heterocycles. The molecule has 2 N–H and O–H groups in total. The molecule has 2 heteroatoms. The molecule has 0 radical (unpaired) electrons. The average molecular weight is 231 g/mol. The molecule has 0 aliphatic heterocycles. The van der Waals surface area contributed by atoms with Crippen LogP contribution in [0.3, 0.4) is 0 Å². The molecule has 1 fully saturated rings. The van der Waals surface area contributed by atoms with E-state index in [1.54, 1.807) is 0 Å². The normalized spacial score (nSPS) is 25.2. The molecule has 2 unspecified atom stereocenters. The fraction of sp³-hybridized carbons (Fsp3) is 0.533. The fourth-order valence-electron chi connectivity index (χ4n) is 2.65. The summed E-state index contributed by atoms with van der Waals surface area (Å²) in [6.45, 7) is 0. The number of Topliss-reactive ketones (excluding diaryl/α,β-unsaturated/α-hetero) is 1. The highest BCUT2D eigenvalue weighted by Crippen LogP contribution is 2.26. The Balaban J connectivity index is 1.98. The van der Waals surface area contributed by atoms with Gasteiger partial charge >= 0.3 is 0 Å². The minimum absolute atomic E-state index is 0.213. The minimum Gasteiger partial charge on any atom is -0.327 e. The van der Waals surface area contributed by atoms with Crippen LogP contribution in [0, 0.1) is 5.92 Å². The molecule has 0 amide bonds. The van der Waals surface area contributed by atoms with Gasteiger partial charge in [-0.2, -0.15) is 0 Å². The van der Waals surface area contributed by atoms with E-state index in [9.17, 15) is 4.79 Å². The van der Waals surface area contributed by atoms with E-state index < -0.39 is 0 Å². The first-order chi connectivity index (χ1) is 8.27. The van der Waals surface area contributed by atoms with E-state index in [0.717, 1.165) is 18.4 Å². The van der Waals surface area contributed by atoms with E-state index in [2.05, 4.69) is 0 Å². The van der Waals surface area contributed by atoms with Crippen molar-refractivity contribution < 1.29 is 4.79 Å². The van der Waals surface area contributed by atoms with Crippen LogP contribution in [-0.4, -0.2) is 11.8 Å². The number of carbonyl (C=O) groups is 1. The summed E-state index contributed by atoms with van der Waals surface area (Å²) in [6.07, 6.45) is 6.51. The summed E-state index contributed by atoms with van der Waals surface area (Å²) >= 11 is 0. The van der Waals surface area contributed by atoms with E-state index >= 15 is 0 Å². The fourth-order valence-corrected chi connectivity index (χ4v) is 2.65. The van der Waals surface area contributed by atoms with E-state index in [1.165, 1.54) is 19.3 Å². The zero-order chi connectivity index (χ0) is 12.1. The van der Waals surface area contributed by atoms with Crippen molar-refractivity contribution in [3.8, 4) is 0 Å². The standard InChI is InChI=1S/C15H21NO/c16-14-10-6-2-5-9-13(14)11-15(17)12-7-3-1-4-8-12/h1,3-4,7-8,13-14H,2,5-6,9-11,16H2. The molecule has 1 aliphatic rings. The van der Waals surface area contributed by atoms with Crippen LogP contribution in [0.2, 0.25) is 0 Å². The van der Waals surface area contributed by atoms with Crippen LogP contribution in [0.5, 0.6) is 0 Å². The van der Waals surface area contributed by atoms with Gasteiger partial charge in [0.1, 0.15) is 0 Å². The van der Waals surface area contributed by atoms with Gasteiger partial charge < -0.3 is 5.73 Å². The number of hydrogen-bond acceptors (Lipinski definition) is 2. The van der Waals surface area contributed by atoms with Crippen molar-refractivity contribution in [3.05, 3.63) is 35.9 Å². The monoisotopic (exact) mass is 231 g/mol. The van der Waals surface area contributed by atoms with Crippen LogP contribution in [0.15, 0.2) is 30.3 Å². The molecular weight excluding hydrogens is 210 g/mol. The summed E-state index contributed by atoms with van der Waals surface area (Å²) in [5, 5.41) is 0. The van der Waals surface area contributed by atoms with Crippen molar-refractivity contribution in [2.24, 2.45) is 11.7 Å². The molecule has 2 nitrogen and oxygen atoms in total. The van der Waals surface area contributed by atoms with Crippen molar-refractivity contribution in [3.63, 3.8) is 0 Å². The van der Waals surface area contributed by atoms with Gasteiger partial charge in [0.05, 0.1) is 0 Å². The van der Waals surface area contributed by atoms with Gasteiger partial charge in [-0.3, -0.25) is 4.79 Å². The molecule has 1 aromatic carbocycles. The van der Waals surface area contributed by atoms with Crippen LogP contribution in [-0.2, 0) is 0 Å². The van der Waals surface area contributed by atoms with Crippen LogP contribution in [0.25, 0.3) is 0 Å². The second kappa shape index (κ2) is 5.97. The second-order valence-corrected chi connectivity index (χ2v) is 5.06. The van der Waals surface area contributed by atoms with Crippen molar-refractivity contribution in [1.82, 2.24) is 0 Å². The Hall–Kier alpha value is -1.15. The Morgan fingerprint density at radius 1 is 1.12 bits per heavy atom. The van der Waals surface area contributed by atoms with Crippen LogP contribution in [0.1, 0.15) is 48.9 Å². The minimum atomic E-state index is 0.213. The third-order valence-corrected chi connectivity index (χ3v) is 3.76. The predicted octanol–water partition coefficient (Wildman–Crippen LogP) is 3.17. The molecule has 2 atom stereocenters. The van der Waals surface area contributed by atoms with Gasteiger partial charge in [-0.15, -0.1) is 0 Å². The van der Waals surface area contributed by atoms with Gasteiger partial charge in [0.25, 0.3) is 0 Å². The summed E-state index contributed by atoms with van der Waals surface area (Å²) in [4.78, 5) is 12.1.